The zero-order valence-corrected chi connectivity index (χ0v) is 14.8. The van der Waals surface area contributed by atoms with E-state index in [2.05, 4.69) is 32.9 Å². The Morgan fingerprint density at radius 1 is 1.04 bits per heavy atom. The van der Waals surface area contributed by atoms with Crippen molar-refractivity contribution in [3.63, 3.8) is 0 Å². The highest BCUT2D eigenvalue weighted by Gasteiger charge is 2.22. The van der Waals surface area contributed by atoms with Crippen LogP contribution in [0.5, 0.6) is 5.75 Å². The zero-order chi connectivity index (χ0) is 17.3. The summed E-state index contributed by atoms with van der Waals surface area (Å²) in [5, 5.41) is 12.1. The Kier molecular flexibility index (Phi) is 4.53. The third kappa shape index (κ3) is 3.55. The molecule has 3 rings (SSSR count). The number of ether oxygens (including phenoxy) is 1. The Bertz CT molecular complexity index is 750. The van der Waals surface area contributed by atoms with Crippen molar-refractivity contribution >= 4 is 16.7 Å². The van der Waals surface area contributed by atoms with Gasteiger partial charge in [0.25, 0.3) is 0 Å². The van der Waals surface area contributed by atoms with Crippen molar-refractivity contribution in [2.24, 2.45) is 0 Å². The van der Waals surface area contributed by atoms with Crippen LogP contribution in [0.15, 0.2) is 30.3 Å². The molecule has 0 unspecified atom stereocenters. The molecule has 0 saturated heterocycles. The SMILES string of the molecule is CC(C)(C)c1ccc2cc(O)c(C(=O)OC3CCCCC3)cc2c1. The van der Waals surface area contributed by atoms with Crippen LogP contribution in [0.1, 0.15) is 68.8 Å². The normalized spacial score (nSPS) is 16.3. The van der Waals surface area contributed by atoms with Gasteiger partial charge in [-0.25, -0.2) is 4.79 Å². The van der Waals surface area contributed by atoms with E-state index >= 15 is 0 Å². The molecule has 1 aliphatic carbocycles. The molecule has 2 aromatic carbocycles. The Hall–Kier alpha value is -2.03. The van der Waals surface area contributed by atoms with Crippen molar-refractivity contribution in [3.05, 3.63) is 41.5 Å². The maximum absolute atomic E-state index is 12.5. The molecule has 1 saturated carbocycles. The number of phenolic OH excluding ortho intramolecular Hbond substituents is 1. The van der Waals surface area contributed by atoms with Crippen molar-refractivity contribution in [1.82, 2.24) is 0 Å². The molecule has 1 N–H and O–H groups in total. The van der Waals surface area contributed by atoms with Gasteiger partial charge in [-0.05, 0) is 59.6 Å². The second-order valence-electron chi connectivity index (χ2n) is 7.85. The number of aromatic hydroxyl groups is 1. The molecule has 3 nitrogen and oxygen atoms in total. The molecule has 1 aliphatic rings. The molecule has 0 amide bonds. The number of carbonyl (C=O) groups excluding carboxylic acids is 1. The predicted molar refractivity (Wildman–Crippen MR) is 96.6 cm³/mol. The molecule has 128 valence electrons. The van der Waals surface area contributed by atoms with Gasteiger partial charge in [-0.15, -0.1) is 0 Å². The van der Waals surface area contributed by atoms with Crippen LogP contribution >= 0.6 is 0 Å². The zero-order valence-electron chi connectivity index (χ0n) is 14.8. The molecule has 0 bridgehead atoms. The van der Waals surface area contributed by atoms with Gasteiger partial charge in [-0.1, -0.05) is 45.4 Å². The van der Waals surface area contributed by atoms with Crippen molar-refractivity contribution < 1.29 is 14.6 Å². The maximum Gasteiger partial charge on any atom is 0.342 e. The molecule has 0 heterocycles. The molecule has 2 aromatic rings. The van der Waals surface area contributed by atoms with Crippen LogP contribution in [-0.2, 0) is 10.2 Å². The first kappa shape index (κ1) is 16.8. The van der Waals surface area contributed by atoms with Gasteiger partial charge in [0, 0.05) is 0 Å². The Balaban J connectivity index is 1.91. The summed E-state index contributed by atoms with van der Waals surface area (Å²) < 4.78 is 5.61. The first-order valence-electron chi connectivity index (χ1n) is 8.83. The van der Waals surface area contributed by atoms with E-state index in [9.17, 15) is 9.90 Å². The lowest BCUT2D eigenvalue weighted by Crippen LogP contribution is -2.21. The van der Waals surface area contributed by atoms with Gasteiger partial charge >= 0.3 is 5.97 Å². The van der Waals surface area contributed by atoms with Crippen LogP contribution in [-0.4, -0.2) is 17.2 Å². The Labute approximate surface area is 143 Å². The summed E-state index contributed by atoms with van der Waals surface area (Å²) in [5.74, 6) is -0.422. The van der Waals surface area contributed by atoms with Crippen LogP contribution in [0.4, 0.5) is 0 Å². The largest absolute Gasteiger partial charge is 0.507 e. The fourth-order valence-corrected chi connectivity index (χ4v) is 3.31. The number of phenols is 1. The maximum atomic E-state index is 12.5. The fourth-order valence-electron chi connectivity index (χ4n) is 3.31. The molecule has 0 atom stereocenters. The fraction of sp³-hybridized carbons (Fsp3) is 0.476. The van der Waals surface area contributed by atoms with Gasteiger partial charge in [0.05, 0.1) is 0 Å². The van der Waals surface area contributed by atoms with Crippen molar-refractivity contribution in [2.45, 2.75) is 64.4 Å². The van der Waals surface area contributed by atoms with Gasteiger partial charge in [-0.3, -0.25) is 0 Å². The summed E-state index contributed by atoms with van der Waals surface area (Å²) >= 11 is 0. The van der Waals surface area contributed by atoms with Crippen molar-refractivity contribution in [3.8, 4) is 5.75 Å². The van der Waals surface area contributed by atoms with Gasteiger partial charge in [0.2, 0.25) is 0 Å². The summed E-state index contributed by atoms with van der Waals surface area (Å²) in [7, 11) is 0. The number of hydrogen-bond donors (Lipinski definition) is 1. The minimum atomic E-state index is -0.414. The highest BCUT2D eigenvalue weighted by Crippen LogP contribution is 2.31. The van der Waals surface area contributed by atoms with Crippen LogP contribution < -0.4 is 0 Å². The molecule has 1 fully saturated rings. The quantitative estimate of drug-likeness (QED) is 0.758. The van der Waals surface area contributed by atoms with Crippen LogP contribution in [0, 0.1) is 0 Å². The lowest BCUT2D eigenvalue weighted by molar-refractivity contribution is 0.0208. The van der Waals surface area contributed by atoms with E-state index in [4.69, 9.17) is 4.74 Å². The van der Waals surface area contributed by atoms with E-state index in [0.29, 0.717) is 0 Å². The minimum Gasteiger partial charge on any atom is -0.507 e. The highest BCUT2D eigenvalue weighted by atomic mass is 16.5. The Morgan fingerprint density at radius 3 is 2.42 bits per heavy atom. The lowest BCUT2D eigenvalue weighted by atomic mass is 9.85. The van der Waals surface area contributed by atoms with Crippen LogP contribution in [0.3, 0.4) is 0 Å². The molecule has 0 spiro atoms. The molecular weight excluding hydrogens is 300 g/mol. The highest BCUT2D eigenvalue weighted by molar-refractivity contribution is 5.98. The van der Waals surface area contributed by atoms with Gasteiger partial charge < -0.3 is 9.84 Å². The third-order valence-electron chi connectivity index (χ3n) is 4.87. The second kappa shape index (κ2) is 6.46. The van der Waals surface area contributed by atoms with Crippen LogP contribution in [0.2, 0.25) is 0 Å². The Morgan fingerprint density at radius 2 is 1.75 bits per heavy atom. The number of benzene rings is 2. The molecule has 0 radical (unpaired) electrons. The number of rotatable bonds is 2. The number of esters is 1. The molecule has 24 heavy (non-hydrogen) atoms. The lowest BCUT2D eigenvalue weighted by Gasteiger charge is -2.22. The average molecular weight is 326 g/mol. The monoisotopic (exact) mass is 326 g/mol. The van der Waals surface area contributed by atoms with E-state index in [0.717, 1.165) is 36.5 Å². The summed E-state index contributed by atoms with van der Waals surface area (Å²) in [6.45, 7) is 6.48. The minimum absolute atomic E-state index is 0.00758. The topological polar surface area (TPSA) is 46.5 Å². The predicted octanol–water partition coefficient (Wildman–Crippen LogP) is 5.33. The smallest absolute Gasteiger partial charge is 0.342 e. The number of carbonyl (C=O) groups is 1. The summed E-state index contributed by atoms with van der Waals surface area (Å²) in [4.78, 5) is 12.5. The van der Waals surface area contributed by atoms with E-state index in [1.165, 1.54) is 12.0 Å². The number of hydrogen-bond acceptors (Lipinski definition) is 3. The molecule has 3 heteroatoms. The first-order chi connectivity index (χ1) is 11.3. The van der Waals surface area contributed by atoms with E-state index in [-0.39, 0.29) is 22.8 Å². The average Bonchev–Trinajstić information content (AvgIpc) is 2.53. The molecule has 0 aliphatic heterocycles. The van der Waals surface area contributed by atoms with E-state index in [1.807, 2.05) is 6.07 Å². The van der Waals surface area contributed by atoms with E-state index in [1.54, 1.807) is 12.1 Å². The van der Waals surface area contributed by atoms with Gasteiger partial charge in [0.1, 0.15) is 17.4 Å². The van der Waals surface area contributed by atoms with Gasteiger partial charge in [0.15, 0.2) is 0 Å². The second-order valence-corrected chi connectivity index (χ2v) is 7.85. The van der Waals surface area contributed by atoms with Gasteiger partial charge in [-0.2, -0.15) is 0 Å². The van der Waals surface area contributed by atoms with Crippen molar-refractivity contribution in [1.29, 1.82) is 0 Å². The molecule has 0 aromatic heterocycles. The summed E-state index contributed by atoms with van der Waals surface area (Å²) in [6.07, 6.45) is 5.27. The molecular formula is C21H26O3. The summed E-state index contributed by atoms with van der Waals surface area (Å²) in [5.41, 5.74) is 1.50. The van der Waals surface area contributed by atoms with Crippen LogP contribution in [0.25, 0.3) is 10.8 Å². The standard InChI is InChI=1S/C21H26O3/c1-21(2,3)16-10-9-14-13-19(22)18(12-15(14)11-16)20(23)24-17-7-5-4-6-8-17/h9-13,17,22H,4-8H2,1-3H3. The third-order valence-corrected chi connectivity index (χ3v) is 4.87. The summed E-state index contributed by atoms with van der Waals surface area (Å²) in [6, 6.07) is 9.56. The van der Waals surface area contributed by atoms with Crippen molar-refractivity contribution in [2.75, 3.05) is 0 Å². The number of fused-ring (bicyclic) bond motifs is 1. The van der Waals surface area contributed by atoms with E-state index < -0.39 is 5.97 Å². The first-order valence-corrected chi connectivity index (χ1v) is 8.83.